The fourth-order valence-corrected chi connectivity index (χ4v) is 1.10. The predicted octanol–water partition coefficient (Wildman–Crippen LogP) is 1.27. The van der Waals surface area contributed by atoms with Crippen molar-refractivity contribution in [3.63, 3.8) is 0 Å². The summed E-state index contributed by atoms with van der Waals surface area (Å²) in [7, 11) is 3.85. The van der Waals surface area contributed by atoms with Crippen LogP contribution in [0.3, 0.4) is 0 Å². The van der Waals surface area contributed by atoms with Gasteiger partial charge < -0.3 is 5.11 Å². The lowest BCUT2D eigenvalue weighted by atomic mass is 10.1. The summed E-state index contributed by atoms with van der Waals surface area (Å²) in [4.78, 5) is 0. The zero-order valence-corrected chi connectivity index (χ0v) is 8.33. The Bertz CT molecular complexity index is 284. The molecular formula is C10H16N2O. The van der Waals surface area contributed by atoms with Gasteiger partial charge in [0.15, 0.2) is 0 Å². The Hall–Kier alpha value is -1.06. The summed E-state index contributed by atoms with van der Waals surface area (Å²) in [5.74, 6) is 0.347. The molecule has 0 atom stereocenters. The van der Waals surface area contributed by atoms with Crippen molar-refractivity contribution in [1.82, 2.24) is 10.4 Å². The van der Waals surface area contributed by atoms with Crippen molar-refractivity contribution in [1.29, 1.82) is 0 Å². The molecule has 0 amide bonds. The Morgan fingerprint density at radius 1 is 1.38 bits per heavy atom. The molecule has 1 aromatic rings. The molecule has 0 saturated heterocycles. The molecule has 0 radical (unpaired) electrons. The number of benzene rings is 1. The lowest BCUT2D eigenvalue weighted by Crippen LogP contribution is -2.29. The maximum Gasteiger partial charge on any atom is 0.120 e. The van der Waals surface area contributed by atoms with Crippen LogP contribution < -0.4 is 5.43 Å². The molecule has 0 unspecified atom stereocenters. The van der Waals surface area contributed by atoms with Gasteiger partial charge in [0.2, 0.25) is 0 Å². The minimum Gasteiger partial charge on any atom is -0.508 e. The number of nitrogens with zero attached hydrogens (tertiary/aromatic N) is 1. The van der Waals surface area contributed by atoms with Crippen LogP contribution in [0.2, 0.25) is 0 Å². The van der Waals surface area contributed by atoms with Crippen LogP contribution in [0.15, 0.2) is 18.2 Å². The highest BCUT2D eigenvalue weighted by molar-refractivity contribution is 5.35. The average molecular weight is 180 g/mol. The molecule has 1 aromatic carbocycles. The van der Waals surface area contributed by atoms with Gasteiger partial charge in [-0.3, -0.25) is 10.4 Å². The van der Waals surface area contributed by atoms with Crippen molar-refractivity contribution < 1.29 is 5.11 Å². The van der Waals surface area contributed by atoms with E-state index in [4.69, 9.17) is 0 Å². The van der Waals surface area contributed by atoms with E-state index in [0.717, 1.165) is 11.1 Å². The third-order valence-corrected chi connectivity index (χ3v) is 1.82. The van der Waals surface area contributed by atoms with Crippen LogP contribution in [-0.2, 0) is 6.54 Å². The molecule has 13 heavy (non-hydrogen) atoms. The Morgan fingerprint density at radius 3 is 2.69 bits per heavy atom. The quantitative estimate of drug-likeness (QED) is 0.687. The van der Waals surface area contributed by atoms with E-state index in [1.807, 2.05) is 38.2 Å². The van der Waals surface area contributed by atoms with E-state index in [1.54, 1.807) is 6.07 Å². The molecule has 0 bridgehead atoms. The third kappa shape index (κ3) is 3.05. The summed E-state index contributed by atoms with van der Waals surface area (Å²) in [5.41, 5.74) is 5.19. The van der Waals surface area contributed by atoms with Crippen LogP contribution >= 0.6 is 0 Å². The van der Waals surface area contributed by atoms with Gasteiger partial charge in [0.1, 0.15) is 5.75 Å². The molecule has 0 aromatic heterocycles. The second-order valence-corrected chi connectivity index (χ2v) is 3.36. The van der Waals surface area contributed by atoms with Crippen molar-refractivity contribution in [2.24, 2.45) is 0 Å². The van der Waals surface area contributed by atoms with E-state index in [9.17, 15) is 5.11 Å². The van der Waals surface area contributed by atoms with Gasteiger partial charge in [-0.2, -0.15) is 0 Å². The van der Waals surface area contributed by atoms with Crippen molar-refractivity contribution in [2.45, 2.75) is 13.5 Å². The Kier molecular flexibility index (Phi) is 3.28. The zero-order chi connectivity index (χ0) is 9.84. The Morgan fingerprint density at radius 2 is 2.08 bits per heavy atom. The smallest absolute Gasteiger partial charge is 0.120 e. The number of hydrogen-bond acceptors (Lipinski definition) is 3. The number of nitrogens with one attached hydrogen (secondary N) is 1. The van der Waals surface area contributed by atoms with Gasteiger partial charge in [0, 0.05) is 26.2 Å². The lowest BCUT2D eigenvalue weighted by molar-refractivity contribution is 0.283. The van der Waals surface area contributed by atoms with Gasteiger partial charge in [-0.25, -0.2) is 0 Å². The largest absolute Gasteiger partial charge is 0.508 e. The first-order chi connectivity index (χ1) is 6.09. The molecule has 0 heterocycles. The number of rotatable bonds is 3. The van der Waals surface area contributed by atoms with Crippen LogP contribution in [0.25, 0.3) is 0 Å². The third-order valence-electron chi connectivity index (χ3n) is 1.82. The highest BCUT2D eigenvalue weighted by atomic mass is 16.3. The van der Waals surface area contributed by atoms with Crippen LogP contribution in [0.4, 0.5) is 0 Å². The van der Waals surface area contributed by atoms with E-state index in [0.29, 0.717) is 12.3 Å². The number of aromatic hydroxyl groups is 1. The van der Waals surface area contributed by atoms with Gasteiger partial charge in [-0.1, -0.05) is 17.7 Å². The fourth-order valence-electron chi connectivity index (χ4n) is 1.10. The SMILES string of the molecule is Cc1ccc(O)c(CNN(C)C)c1. The van der Waals surface area contributed by atoms with E-state index >= 15 is 0 Å². The maximum atomic E-state index is 9.49. The average Bonchev–Trinajstić information content (AvgIpc) is 2.06. The Balaban J connectivity index is 2.70. The number of aryl methyl sites for hydroxylation is 1. The van der Waals surface area contributed by atoms with Crippen LogP contribution in [-0.4, -0.2) is 24.2 Å². The molecule has 0 fully saturated rings. The molecule has 3 heteroatoms. The lowest BCUT2D eigenvalue weighted by Gasteiger charge is -2.12. The maximum absolute atomic E-state index is 9.49. The molecule has 72 valence electrons. The summed E-state index contributed by atoms with van der Waals surface area (Å²) in [6, 6.07) is 5.60. The van der Waals surface area contributed by atoms with Crippen LogP contribution in [0.1, 0.15) is 11.1 Å². The first-order valence-corrected chi connectivity index (χ1v) is 4.29. The van der Waals surface area contributed by atoms with Crippen molar-refractivity contribution in [2.75, 3.05) is 14.1 Å². The molecule has 0 spiro atoms. The molecule has 0 aliphatic carbocycles. The molecule has 0 aliphatic heterocycles. The number of hydrazine groups is 1. The summed E-state index contributed by atoms with van der Waals surface area (Å²) in [6.07, 6.45) is 0. The molecule has 1 rings (SSSR count). The number of phenolic OH excluding ortho intramolecular Hbond substituents is 1. The van der Waals surface area contributed by atoms with Crippen molar-refractivity contribution >= 4 is 0 Å². The van der Waals surface area contributed by atoms with Gasteiger partial charge in [0.05, 0.1) is 0 Å². The first-order valence-electron chi connectivity index (χ1n) is 4.29. The predicted molar refractivity (Wildman–Crippen MR) is 53.4 cm³/mol. The van der Waals surface area contributed by atoms with Gasteiger partial charge in [-0.15, -0.1) is 0 Å². The van der Waals surface area contributed by atoms with E-state index in [-0.39, 0.29) is 0 Å². The number of phenols is 1. The number of hydrogen-bond donors (Lipinski definition) is 2. The highest BCUT2D eigenvalue weighted by Crippen LogP contribution is 2.17. The van der Waals surface area contributed by atoms with Gasteiger partial charge in [0.25, 0.3) is 0 Å². The molecule has 2 N–H and O–H groups in total. The summed E-state index contributed by atoms with van der Waals surface area (Å²) >= 11 is 0. The standard InChI is InChI=1S/C10H16N2O/c1-8-4-5-10(13)9(6-8)7-11-12(2)3/h4-6,11,13H,7H2,1-3H3. The second-order valence-electron chi connectivity index (χ2n) is 3.36. The van der Waals surface area contributed by atoms with Crippen molar-refractivity contribution in [3.05, 3.63) is 29.3 Å². The molecule has 3 nitrogen and oxygen atoms in total. The summed E-state index contributed by atoms with van der Waals surface area (Å²) in [5, 5.41) is 11.4. The Labute approximate surface area is 79.0 Å². The molecular weight excluding hydrogens is 164 g/mol. The van der Waals surface area contributed by atoms with Gasteiger partial charge >= 0.3 is 0 Å². The summed E-state index contributed by atoms with van der Waals surface area (Å²) in [6.45, 7) is 2.67. The van der Waals surface area contributed by atoms with E-state index in [1.165, 1.54) is 0 Å². The minimum atomic E-state index is 0.347. The first kappa shape index (κ1) is 10.0. The normalized spacial score (nSPS) is 10.8. The van der Waals surface area contributed by atoms with E-state index in [2.05, 4.69) is 5.43 Å². The monoisotopic (exact) mass is 180 g/mol. The molecule has 0 saturated carbocycles. The van der Waals surface area contributed by atoms with Crippen molar-refractivity contribution in [3.8, 4) is 5.75 Å². The van der Waals surface area contributed by atoms with Gasteiger partial charge in [-0.05, 0) is 13.0 Å². The van der Waals surface area contributed by atoms with Crippen LogP contribution in [0.5, 0.6) is 5.75 Å². The summed E-state index contributed by atoms with van der Waals surface area (Å²) < 4.78 is 0. The second kappa shape index (κ2) is 4.25. The molecule has 0 aliphatic rings. The van der Waals surface area contributed by atoms with Crippen LogP contribution in [0, 0.1) is 6.92 Å². The highest BCUT2D eigenvalue weighted by Gasteiger charge is 2.00. The topological polar surface area (TPSA) is 35.5 Å². The van der Waals surface area contributed by atoms with E-state index < -0.39 is 0 Å². The fraction of sp³-hybridized carbons (Fsp3) is 0.400. The minimum absolute atomic E-state index is 0.347. The zero-order valence-electron chi connectivity index (χ0n) is 8.33.